The molecule has 4 N–H and O–H groups in total. The summed E-state index contributed by atoms with van der Waals surface area (Å²) in [5.41, 5.74) is 16.0. The highest BCUT2D eigenvalue weighted by atomic mass is 16.5. The maximum atomic E-state index is 13.7. The number of nitrogens with two attached hydrogens (primary N) is 2. The number of ether oxygens (including phenoxy) is 1. The Labute approximate surface area is 216 Å². The van der Waals surface area contributed by atoms with Gasteiger partial charge >= 0.3 is 0 Å². The molecule has 3 aromatic rings. The van der Waals surface area contributed by atoms with Gasteiger partial charge in [0, 0.05) is 56.1 Å². The van der Waals surface area contributed by atoms with E-state index in [0.29, 0.717) is 50.3 Å². The summed E-state index contributed by atoms with van der Waals surface area (Å²) in [5, 5.41) is 0. The van der Waals surface area contributed by atoms with Gasteiger partial charge in [0.1, 0.15) is 11.6 Å². The molecule has 9 nitrogen and oxygen atoms in total. The van der Waals surface area contributed by atoms with E-state index in [0.717, 1.165) is 40.1 Å². The van der Waals surface area contributed by atoms with Crippen molar-refractivity contribution >= 4 is 34.1 Å². The van der Waals surface area contributed by atoms with Crippen molar-refractivity contribution in [1.82, 2.24) is 14.5 Å². The van der Waals surface area contributed by atoms with E-state index in [-0.39, 0.29) is 11.8 Å². The van der Waals surface area contributed by atoms with Crippen LogP contribution in [0.3, 0.4) is 0 Å². The van der Waals surface area contributed by atoms with Crippen LogP contribution in [-0.4, -0.2) is 59.6 Å². The van der Waals surface area contributed by atoms with Crippen LogP contribution in [0.25, 0.3) is 16.6 Å². The summed E-state index contributed by atoms with van der Waals surface area (Å²) in [5.74, 6) is 1.65. The molecule has 2 aromatic carbocycles. The largest absolute Gasteiger partial charge is 0.496 e. The topological polar surface area (TPSA) is 120 Å². The standard InChI is InChI=1S/C28H34N6O3/c1-18-31-23-14-19(4-7-24(23)32(18)2)26(35)33-11-8-28(9-12-33)10-13-34(27(28)36)21-5-6-22(20(16-29)17-30)25(15-21)37-3/h4-7,14-16H,8-13,17,29-30H2,1-3H3/b20-16+. The number of aryl methyl sites for hydroxylation is 2. The average molecular weight is 503 g/mol. The van der Waals surface area contributed by atoms with Crippen LogP contribution in [0.15, 0.2) is 42.6 Å². The monoisotopic (exact) mass is 502 g/mol. The molecule has 37 heavy (non-hydrogen) atoms. The SMILES string of the molecule is COc1cc(N2CCC3(CCN(C(=O)c4ccc5c(c4)nc(C)n5C)CC3)C2=O)ccc1/C(=C/N)CN. The molecule has 2 aliphatic rings. The lowest BCUT2D eigenvalue weighted by molar-refractivity contribution is -0.127. The van der Waals surface area contributed by atoms with Crippen molar-refractivity contribution in [3.8, 4) is 5.75 Å². The molecular weight excluding hydrogens is 468 g/mol. The normalized spacial score (nSPS) is 17.7. The van der Waals surface area contributed by atoms with Crippen molar-refractivity contribution in [3.05, 3.63) is 59.5 Å². The van der Waals surface area contributed by atoms with E-state index >= 15 is 0 Å². The average Bonchev–Trinajstić information content (AvgIpc) is 3.39. The third-order valence-electron chi connectivity index (χ3n) is 8.14. The molecule has 3 heterocycles. The highest BCUT2D eigenvalue weighted by molar-refractivity contribution is 6.01. The van der Waals surface area contributed by atoms with Crippen LogP contribution in [0.4, 0.5) is 5.69 Å². The molecule has 5 rings (SSSR count). The van der Waals surface area contributed by atoms with Crippen molar-refractivity contribution in [2.45, 2.75) is 26.2 Å². The Morgan fingerprint density at radius 3 is 2.54 bits per heavy atom. The van der Waals surface area contributed by atoms with Crippen molar-refractivity contribution in [1.29, 1.82) is 0 Å². The maximum absolute atomic E-state index is 13.7. The van der Waals surface area contributed by atoms with Crippen LogP contribution >= 0.6 is 0 Å². The fourth-order valence-electron chi connectivity index (χ4n) is 5.69. The van der Waals surface area contributed by atoms with E-state index in [1.165, 1.54) is 6.20 Å². The number of hydrogen-bond donors (Lipinski definition) is 2. The molecule has 0 atom stereocenters. The van der Waals surface area contributed by atoms with E-state index in [1.54, 1.807) is 7.11 Å². The molecule has 2 saturated heterocycles. The minimum absolute atomic E-state index is 0.00801. The van der Waals surface area contributed by atoms with E-state index in [9.17, 15) is 9.59 Å². The van der Waals surface area contributed by atoms with Gasteiger partial charge in [0.05, 0.1) is 23.6 Å². The number of methoxy groups -OCH3 is 1. The number of amides is 2. The number of hydrogen-bond acceptors (Lipinski definition) is 6. The van der Waals surface area contributed by atoms with Gasteiger partial charge in [-0.25, -0.2) is 4.98 Å². The summed E-state index contributed by atoms with van der Waals surface area (Å²) in [6.07, 6.45) is 3.56. The van der Waals surface area contributed by atoms with Gasteiger partial charge in [-0.1, -0.05) is 0 Å². The van der Waals surface area contributed by atoms with Gasteiger partial charge < -0.3 is 30.6 Å². The van der Waals surface area contributed by atoms with E-state index in [2.05, 4.69) is 4.98 Å². The Kier molecular flexibility index (Phi) is 6.41. The molecule has 1 spiro atoms. The molecule has 9 heteroatoms. The summed E-state index contributed by atoms with van der Waals surface area (Å²) < 4.78 is 7.59. The van der Waals surface area contributed by atoms with E-state index in [1.807, 2.05) is 64.7 Å². The number of nitrogens with zero attached hydrogens (tertiary/aromatic N) is 4. The summed E-state index contributed by atoms with van der Waals surface area (Å²) in [6.45, 7) is 4.00. The van der Waals surface area contributed by atoms with Gasteiger partial charge in [0.25, 0.3) is 5.91 Å². The number of aromatic nitrogens is 2. The van der Waals surface area contributed by atoms with Crippen molar-refractivity contribution in [2.75, 3.05) is 38.2 Å². The Hall–Kier alpha value is -3.85. The second-order valence-corrected chi connectivity index (χ2v) is 9.98. The van der Waals surface area contributed by atoms with Crippen LogP contribution in [-0.2, 0) is 11.8 Å². The van der Waals surface area contributed by atoms with Crippen LogP contribution < -0.4 is 21.1 Å². The first kappa shape index (κ1) is 24.8. The third kappa shape index (κ3) is 4.13. The highest BCUT2D eigenvalue weighted by Crippen LogP contribution is 2.44. The minimum Gasteiger partial charge on any atom is -0.496 e. The van der Waals surface area contributed by atoms with Crippen molar-refractivity contribution in [3.63, 3.8) is 0 Å². The summed E-state index contributed by atoms with van der Waals surface area (Å²) >= 11 is 0. The van der Waals surface area contributed by atoms with Crippen LogP contribution in [0.1, 0.15) is 41.0 Å². The first-order chi connectivity index (χ1) is 17.8. The Morgan fingerprint density at radius 2 is 1.86 bits per heavy atom. The minimum atomic E-state index is -0.440. The van der Waals surface area contributed by atoms with Gasteiger partial charge in [-0.15, -0.1) is 0 Å². The zero-order valence-electron chi connectivity index (χ0n) is 21.7. The Morgan fingerprint density at radius 1 is 1.14 bits per heavy atom. The van der Waals surface area contributed by atoms with Gasteiger partial charge in [0.15, 0.2) is 0 Å². The predicted molar refractivity (Wildman–Crippen MR) is 144 cm³/mol. The summed E-state index contributed by atoms with van der Waals surface area (Å²) in [7, 11) is 3.57. The molecule has 194 valence electrons. The van der Waals surface area contributed by atoms with Crippen LogP contribution in [0.5, 0.6) is 5.75 Å². The molecule has 2 amide bonds. The zero-order chi connectivity index (χ0) is 26.3. The quantitative estimate of drug-likeness (QED) is 0.554. The first-order valence-electron chi connectivity index (χ1n) is 12.7. The van der Waals surface area contributed by atoms with Gasteiger partial charge in [-0.2, -0.15) is 0 Å². The lowest BCUT2D eigenvalue weighted by Gasteiger charge is -2.38. The number of carbonyl (C=O) groups is 2. The predicted octanol–water partition coefficient (Wildman–Crippen LogP) is 2.81. The smallest absolute Gasteiger partial charge is 0.253 e. The van der Waals surface area contributed by atoms with Gasteiger partial charge in [-0.05, 0) is 68.3 Å². The van der Waals surface area contributed by atoms with Gasteiger partial charge in [-0.3, -0.25) is 9.59 Å². The number of imidazole rings is 1. The van der Waals surface area contributed by atoms with Crippen molar-refractivity contribution < 1.29 is 14.3 Å². The fourth-order valence-corrected chi connectivity index (χ4v) is 5.69. The lowest BCUT2D eigenvalue weighted by Crippen LogP contribution is -2.46. The molecule has 0 saturated carbocycles. The molecule has 2 aliphatic heterocycles. The second-order valence-electron chi connectivity index (χ2n) is 9.98. The number of anilines is 1. The maximum Gasteiger partial charge on any atom is 0.253 e. The summed E-state index contributed by atoms with van der Waals surface area (Å²) in [6, 6.07) is 11.4. The molecule has 2 fully saturated rings. The third-order valence-corrected chi connectivity index (χ3v) is 8.14. The van der Waals surface area contributed by atoms with Crippen LogP contribution in [0.2, 0.25) is 0 Å². The van der Waals surface area contributed by atoms with Crippen molar-refractivity contribution in [2.24, 2.45) is 23.9 Å². The molecule has 0 unspecified atom stereocenters. The molecule has 0 bridgehead atoms. The first-order valence-corrected chi connectivity index (χ1v) is 12.7. The number of carbonyl (C=O) groups excluding carboxylic acids is 2. The number of likely N-dealkylation sites (tertiary alicyclic amines) is 1. The number of rotatable bonds is 5. The summed E-state index contributed by atoms with van der Waals surface area (Å²) in [4.78, 5) is 35.2. The second kappa shape index (κ2) is 9.55. The number of fused-ring (bicyclic) bond motifs is 1. The molecule has 0 radical (unpaired) electrons. The molecule has 0 aliphatic carbocycles. The Balaban J connectivity index is 1.29. The number of piperidine rings is 1. The Bertz CT molecular complexity index is 1400. The van der Waals surface area contributed by atoms with Gasteiger partial charge in [0.2, 0.25) is 5.91 Å². The van der Waals surface area contributed by atoms with Crippen LogP contribution in [0, 0.1) is 12.3 Å². The lowest BCUT2D eigenvalue weighted by atomic mass is 9.77. The molecule has 1 aromatic heterocycles. The number of benzene rings is 2. The fraction of sp³-hybridized carbons (Fsp3) is 0.393. The van der Waals surface area contributed by atoms with E-state index < -0.39 is 5.41 Å². The van der Waals surface area contributed by atoms with E-state index in [4.69, 9.17) is 16.2 Å². The molecular formula is C28H34N6O3. The zero-order valence-corrected chi connectivity index (χ0v) is 21.7. The highest BCUT2D eigenvalue weighted by Gasteiger charge is 2.49.